The van der Waals surface area contributed by atoms with E-state index in [0.29, 0.717) is 17.2 Å². The highest BCUT2D eigenvalue weighted by Gasteiger charge is 2.28. The first-order chi connectivity index (χ1) is 13.5. The highest BCUT2D eigenvalue weighted by atomic mass is 16.4. The lowest BCUT2D eigenvalue weighted by molar-refractivity contribution is -0.139. The Labute approximate surface area is 160 Å². The zero-order valence-corrected chi connectivity index (χ0v) is 15.4. The zero-order chi connectivity index (χ0) is 19.7. The molecule has 0 aromatic carbocycles. The summed E-state index contributed by atoms with van der Waals surface area (Å²) in [5.41, 5.74) is 3.57. The van der Waals surface area contributed by atoms with E-state index in [2.05, 4.69) is 25.1 Å². The Balaban J connectivity index is 1.89. The second-order valence-electron chi connectivity index (χ2n) is 6.83. The van der Waals surface area contributed by atoms with Gasteiger partial charge in [0.2, 0.25) is 0 Å². The van der Waals surface area contributed by atoms with Crippen molar-refractivity contribution in [2.75, 3.05) is 0 Å². The molecule has 4 rings (SSSR count). The minimum Gasteiger partial charge on any atom is -0.481 e. The summed E-state index contributed by atoms with van der Waals surface area (Å²) in [6.07, 6.45) is 8.56. The van der Waals surface area contributed by atoms with Crippen molar-refractivity contribution in [1.29, 1.82) is 0 Å². The molecule has 0 aliphatic carbocycles. The number of aromatic amines is 1. The predicted octanol–water partition coefficient (Wildman–Crippen LogP) is 2.44. The fraction of sp³-hybridized carbons (Fsp3) is 0.263. The lowest BCUT2D eigenvalue weighted by Gasteiger charge is -2.13. The van der Waals surface area contributed by atoms with Gasteiger partial charge in [0.25, 0.3) is 0 Å². The topological polar surface area (TPSA) is 122 Å². The molecule has 0 aliphatic heterocycles. The quantitative estimate of drug-likeness (QED) is 0.529. The van der Waals surface area contributed by atoms with E-state index in [0.717, 1.165) is 17.0 Å². The Morgan fingerprint density at radius 3 is 2.75 bits per heavy atom. The summed E-state index contributed by atoms with van der Waals surface area (Å²) in [7, 11) is 0. The van der Waals surface area contributed by atoms with Gasteiger partial charge in [0.15, 0.2) is 11.5 Å². The minimum atomic E-state index is -0.977. The molecule has 1 atom stereocenters. The second-order valence-corrected chi connectivity index (χ2v) is 6.83. The number of aromatic nitrogens is 7. The molecule has 4 aromatic rings. The first kappa shape index (κ1) is 17.8. The molecule has 4 heterocycles. The molecule has 0 saturated carbocycles. The second kappa shape index (κ2) is 7.18. The maximum Gasteiger partial charge on any atom is 0.314 e. The van der Waals surface area contributed by atoms with Crippen molar-refractivity contribution in [3.8, 4) is 11.3 Å². The summed E-state index contributed by atoms with van der Waals surface area (Å²) < 4.78 is 1.74. The van der Waals surface area contributed by atoms with Gasteiger partial charge in [-0.3, -0.25) is 14.2 Å². The number of nitrogens with one attached hydrogen (secondary N) is 1. The molecular formula is C19H19N7O2. The molecule has 0 amide bonds. The van der Waals surface area contributed by atoms with Crippen LogP contribution >= 0.6 is 0 Å². The number of aliphatic carboxylic acids is 1. The summed E-state index contributed by atoms with van der Waals surface area (Å²) in [4.78, 5) is 27.8. The van der Waals surface area contributed by atoms with Crippen molar-refractivity contribution in [2.24, 2.45) is 0 Å². The van der Waals surface area contributed by atoms with Crippen molar-refractivity contribution >= 4 is 11.6 Å². The Morgan fingerprint density at radius 2 is 2.11 bits per heavy atom. The number of H-pyrrole nitrogens is 1. The van der Waals surface area contributed by atoms with Crippen LogP contribution in [0.25, 0.3) is 16.9 Å². The van der Waals surface area contributed by atoms with Crippen LogP contribution < -0.4 is 0 Å². The number of nitrogens with zero attached hydrogens (tertiary/aromatic N) is 6. The first-order valence-corrected chi connectivity index (χ1v) is 8.90. The van der Waals surface area contributed by atoms with Crippen LogP contribution in [0.4, 0.5) is 0 Å². The lowest BCUT2D eigenvalue weighted by Crippen LogP contribution is -2.18. The molecule has 142 valence electrons. The molecule has 0 aliphatic rings. The highest BCUT2D eigenvalue weighted by Crippen LogP contribution is 2.27. The van der Waals surface area contributed by atoms with Gasteiger partial charge >= 0.3 is 5.97 Å². The molecule has 0 fully saturated rings. The monoisotopic (exact) mass is 377 g/mol. The van der Waals surface area contributed by atoms with Gasteiger partial charge in [-0.2, -0.15) is 0 Å². The fourth-order valence-electron chi connectivity index (χ4n) is 3.12. The number of rotatable bonds is 6. The van der Waals surface area contributed by atoms with Gasteiger partial charge < -0.3 is 10.1 Å². The Bertz CT molecular complexity index is 1100. The maximum absolute atomic E-state index is 12.0. The van der Waals surface area contributed by atoms with Gasteiger partial charge in [-0.25, -0.2) is 9.97 Å². The number of carbonyl (C=O) groups is 1. The normalized spacial score (nSPS) is 12.5. The predicted molar refractivity (Wildman–Crippen MR) is 101 cm³/mol. The number of imidazole rings is 1. The van der Waals surface area contributed by atoms with Crippen molar-refractivity contribution in [3.63, 3.8) is 0 Å². The summed E-state index contributed by atoms with van der Waals surface area (Å²) in [6, 6.07) is 3.75. The molecule has 9 heteroatoms. The van der Waals surface area contributed by atoms with E-state index in [4.69, 9.17) is 4.98 Å². The van der Waals surface area contributed by atoms with Crippen LogP contribution in [0.1, 0.15) is 42.9 Å². The van der Waals surface area contributed by atoms with Crippen LogP contribution in [-0.4, -0.2) is 45.6 Å². The van der Waals surface area contributed by atoms with Crippen LogP contribution in [0.15, 0.2) is 43.2 Å². The molecule has 0 spiro atoms. The number of hydrogen-bond acceptors (Lipinski definition) is 6. The largest absolute Gasteiger partial charge is 0.481 e. The molecule has 1 unspecified atom stereocenters. The van der Waals surface area contributed by atoms with Crippen LogP contribution in [0.5, 0.6) is 0 Å². The van der Waals surface area contributed by atoms with Gasteiger partial charge in [0.05, 0.1) is 17.7 Å². The molecule has 4 aromatic heterocycles. The fourth-order valence-corrected chi connectivity index (χ4v) is 3.12. The van der Waals surface area contributed by atoms with Crippen LogP contribution in [0.2, 0.25) is 0 Å². The van der Waals surface area contributed by atoms with E-state index in [9.17, 15) is 9.90 Å². The van der Waals surface area contributed by atoms with Crippen LogP contribution in [0.3, 0.4) is 0 Å². The third kappa shape index (κ3) is 3.22. The van der Waals surface area contributed by atoms with E-state index in [1.807, 2.05) is 26.0 Å². The number of hydrogen-bond donors (Lipinski definition) is 2. The number of pyridine rings is 1. The average molecular weight is 377 g/mol. The summed E-state index contributed by atoms with van der Waals surface area (Å²) >= 11 is 0. The molecule has 0 radical (unpaired) electrons. The molecule has 0 bridgehead atoms. The summed E-state index contributed by atoms with van der Waals surface area (Å²) in [5.74, 6) is -1.41. The van der Waals surface area contributed by atoms with Gasteiger partial charge in [0, 0.05) is 42.5 Å². The van der Waals surface area contributed by atoms with Crippen LogP contribution in [0, 0.1) is 0 Å². The van der Waals surface area contributed by atoms with E-state index in [1.165, 1.54) is 6.33 Å². The van der Waals surface area contributed by atoms with Crippen molar-refractivity contribution in [1.82, 2.24) is 34.5 Å². The van der Waals surface area contributed by atoms with E-state index in [-0.39, 0.29) is 12.3 Å². The molecule has 9 nitrogen and oxygen atoms in total. The maximum atomic E-state index is 12.0. The number of carboxylic acid groups (broad SMARTS) is 1. The Hall–Kier alpha value is -3.62. The Kier molecular flexibility index (Phi) is 4.56. The van der Waals surface area contributed by atoms with Gasteiger partial charge in [-0.05, 0) is 18.1 Å². The SMILES string of the molecule is CC(C)c1nc(-c2cccnc2)cn2c(C(Cc3cnc[nH]3)C(=O)O)nnc12. The van der Waals surface area contributed by atoms with Gasteiger partial charge in [-0.15, -0.1) is 10.2 Å². The molecular weight excluding hydrogens is 358 g/mol. The number of carboxylic acids is 1. The van der Waals surface area contributed by atoms with Crippen LogP contribution in [-0.2, 0) is 11.2 Å². The van der Waals surface area contributed by atoms with Crippen molar-refractivity contribution in [3.05, 3.63) is 60.5 Å². The average Bonchev–Trinajstić information content (AvgIpc) is 3.35. The molecule has 28 heavy (non-hydrogen) atoms. The number of fused-ring (bicyclic) bond motifs is 1. The smallest absolute Gasteiger partial charge is 0.314 e. The summed E-state index contributed by atoms with van der Waals surface area (Å²) in [5, 5.41) is 18.3. The Morgan fingerprint density at radius 1 is 1.25 bits per heavy atom. The van der Waals surface area contributed by atoms with E-state index in [1.54, 1.807) is 29.2 Å². The van der Waals surface area contributed by atoms with Gasteiger partial charge in [-0.1, -0.05) is 13.8 Å². The first-order valence-electron chi connectivity index (χ1n) is 8.90. The lowest BCUT2D eigenvalue weighted by atomic mass is 10.0. The van der Waals surface area contributed by atoms with Gasteiger partial charge in [0.1, 0.15) is 5.92 Å². The zero-order valence-electron chi connectivity index (χ0n) is 15.4. The highest BCUT2D eigenvalue weighted by molar-refractivity contribution is 5.76. The van der Waals surface area contributed by atoms with Crippen molar-refractivity contribution in [2.45, 2.75) is 32.1 Å². The molecule has 0 saturated heterocycles. The summed E-state index contributed by atoms with van der Waals surface area (Å²) in [6.45, 7) is 4.03. The van der Waals surface area contributed by atoms with E-state index < -0.39 is 11.9 Å². The minimum absolute atomic E-state index is 0.0899. The molecule has 2 N–H and O–H groups in total. The van der Waals surface area contributed by atoms with Crippen molar-refractivity contribution < 1.29 is 9.90 Å². The third-order valence-electron chi connectivity index (χ3n) is 4.54. The standard InChI is InChI=1S/C19H19N7O2/c1-11(2)16-18-25-24-17(14(19(27)28)6-13-8-21-10-22-13)26(18)9-15(23-16)12-4-3-5-20-7-12/h3-5,7-11,14H,6H2,1-2H3,(H,21,22)(H,27,28). The third-order valence-corrected chi connectivity index (χ3v) is 4.54. The van der Waals surface area contributed by atoms with E-state index >= 15 is 0 Å².